The molecule has 0 spiro atoms. The number of anilines is 2. The number of para-hydroxylation sites is 2. The molecule has 1 amide bonds. The fourth-order valence-electron chi connectivity index (χ4n) is 5.47. The molecule has 0 bridgehead atoms. The van der Waals surface area contributed by atoms with Crippen molar-refractivity contribution in [2.24, 2.45) is 0 Å². The van der Waals surface area contributed by atoms with Crippen LogP contribution in [0.1, 0.15) is 46.3 Å². The van der Waals surface area contributed by atoms with Crippen molar-refractivity contribution in [1.82, 2.24) is 0 Å². The van der Waals surface area contributed by atoms with E-state index in [1.807, 2.05) is 54.6 Å². The Labute approximate surface area is 231 Å². The SMILES string of the molecule is O=C1C[C@@H](c2ccccc2)CC2=C1[C@@H](c1ccc(Cl)cc1)N(C(=O)c1ccc(Cl)cc1)c1ccccc1N2. The van der Waals surface area contributed by atoms with Gasteiger partial charge in [0.1, 0.15) is 0 Å². The van der Waals surface area contributed by atoms with Gasteiger partial charge >= 0.3 is 0 Å². The zero-order valence-corrected chi connectivity index (χ0v) is 21.9. The third-order valence-corrected chi connectivity index (χ3v) is 7.76. The molecule has 0 fully saturated rings. The fraction of sp³-hybridized carbons (Fsp3) is 0.125. The molecule has 1 aliphatic carbocycles. The summed E-state index contributed by atoms with van der Waals surface area (Å²) in [6.45, 7) is 0. The standard InChI is InChI=1S/C32H24Cl2N2O2/c33-24-14-10-21(11-15-24)31-30-27(18-23(19-29(30)37)20-6-2-1-3-7-20)35-26-8-4-5-9-28(26)36(31)32(38)22-12-16-25(34)17-13-22/h1-17,23,31,35H,18-19H2/t23-,31+/m0/s1. The Morgan fingerprint density at radius 3 is 2.08 bits per heavy atom. The van der Waals surface area contributed by atoms with Gasteiger partial charge in [-0.3, -0.25) is 14.5 Å². The molecule has 0 saturated carbocycles. The lowest BCUT2D eigenvalue weighted by atomic mass is 9.78. The molecule has 1 N–H and O–H groups in total. The first-order valence-electron chi connectivity index (χ1n) is 12.5. The van der Waals surface area contributed by atoms with Crippen molar-refractivity contribution in [2.45, 2.75) is 24.8 Å². The summed E-state index contributed by atoms with van der Waals surface area (Å²) in [5.74, 6) is -0.150. The van der Waals surface area contributed by atoms with Crippen LogP contribution in [0.2, 0.25) is 10.0 Å². The van der Waals surface area contributed by atoms with Gasteiger partial charge in [0.25, 0.3) is 5.91 Å². The highest BCUT2D eigenvalue weighted by molar-refractivity contribution is 6.31. The maximum absolute atomic E-state index is 14.2. The van der Waals surface area contributed by atoms with Crippen LogP contribution in [0.3, 0.4) is 0 Å². The summed E-state index contributed by atoms with van der Waals surface area (Å²) in [7, 11) is 0. The summed E-state index contributed by atoms with van der Waals surface area (Å²) in [6, 6.07) is 31.4. The minimum atomic E-state index is -0.634. The normalized spacial score (nSPS) is 18.8. The predicted molar refractivity (Wildman–Crippen MR) is 153 cm³/mol. The maximum Gasteiger partial charge on any atom is 0.259 e. The number of nitrogens with zero attached hydrogens (tertiary/aromatic N) is 1. The Balaban J connectivity index is 1.56. The number of ketones is 1. The summed E-state index contributed by atoms with van der Waals surface area (Å²) in [4.78, 5) is 30.0. The Morgan fingerprint density at radius 2 is 1.37 bits per heavy atom. The van der Waals surface area contributed by atoms with Crippen LogP contribution in [0.15, 0.2) is 114 Å². The number of carbonyl (C=O) groups excluding carboxylic acids is 2. The first-order chi connectivity index (χ1) is 18.5. The van der Waals surface area contributed by atoms with E-state index in [-0.39, 0.29) is 17.6 Å². The van der Waals surface area contributed by atoms with Gasteiger partial charge in [-0.1, -0.05) is 77.8 Å². The Bertz CT molecular complexity index is 1550. The summed E-state index contributed by atoms with van der Waals surface area (Å²) in [6.07, 6.45) is 1.03. The quantitative estimate of drug-likeness (QED) is 0.286. The van der Waals surface area contributed by atoms with Crippen LogP contribution < -0.4 is 10.2 Å². The summed E-state index contributed by atoms with van der Waals surface area (Å²) < 4.78 is 0. The maximum atomic E-state index is 14.2. The first kappa shape index (κ1) is 24.5. The van der Waals surface area contributed by atoms with E-state index >= 15 is 0 Å². The van der Waals surface area contributed by atoms with E-state index in [1.54, 1.807) is 41.3 Å². The molecule has 0 radical (unpaired) electrons. The van der Waals surface area contributed by atoms with Gasteiger partial charge in [0, 0.05) is 33.3 Å². The van der Waals surface area contributed by atoms with Crippen molar-refractivity contribution in [3.63, 3.8) is 0 Å². The van der Waals surface area contributed by atoms with Crippen LogP contribution in [-0.4, -0.2) is 11.7 Å². The second kappa shape index (κ2) is 10.1. The van der Waals surface area contributed by atoms with Gasteiger partial charge in [-0.2, -0.15) is 0 Å². The smallest absolute Gasteiger partial charge is 0.259 e. The number of rotatable bonds is 3. The van der Waals surface area contributed by atoms with E-state index in [0.717, 1.165) is 22.5 Å². The van der Waals surface area contributed by atoms with Gasteiger partial charge in [-0.05, 0) is 72.0 Å². The molecule has 4 nitrogen and oxygen atoms in total. The second-order valence-corrected chi connectivity index (χ2v) is 10.5. The molecule has 38 heavy (non-hydrogen) atoms. The molecule has 1 aliphatic heterocycles. The molecule has 6 rings (SSSR count). The lowest BCUT2D eigenvalue weighted by Crippen LogP contribution is -2.38. The van der Waals surface area contributed by atoms with Crippen LogP contribution in [0.5, 0.6) is 0 Å². The van der Waals surface area contributed by atoms with E-state index in [4.69, 9.17) is 23.2 Å². The number of benzene rings is 4. The number of halogens is 2. The van der Waals surface area contributed by atoms with E-state index < -0.39 is 6.04 Å². The molecular weight excluding hydrogens is 515 g/mol. The highest BCUT2D eigenvalue weighted by Gasteiger charge is 2.41. The van der Waals surface area contributed by atoms with Crippen molar-refractivity contribution in [3.8, 4) is 0 Å². The molecule has 188 valence electrons. The monoisotopic (exact) mass is 538 g/mol. The van der Waals surface area contributed by atoms with Crippen molar-refractivity contribution in [3.05, 3.63) is 141 Å². The van der Waals surface area contributed by atoms with Crippen LogP contribution in [0.4, 0.5) is 11.4 Å². The summed E-state index contributed by atoms with van der Waals surface area (Å²) in [5.41, 5.74) is 5.36. The number of fused-ring (bicyclic) bond motifs is 1. The molecule has 2 atom stereocenters. The molecule has 6 heteroatoms. The number of amides is 1. The molecular formula is C32H24Cl2N2O2. The van der Waals surface area contributed by atoms with E-state index in [2.05, 4.69) is 17.4 Å². The van der Waals surface area contributed by atoms with Gasteiger partial charge in [0.2, 0.25) is 0 Å². The van der Waals surface area contributed by atoms with Gasteiger partial charge < -0.3 is 5.32 Å². The average Bonchev–Trinajstić information content (AvgIpc) is 3.09. The van der Waals surface area contributed by atoms with Crippen molar-refractivity contribution < 1.29 is 9.59 Å². The zero-order valence-electron chi connectivity index (χ0n) is 20.4. The van der Waals surface area contributed by atoms with Crippen molar-refractivity contribution in [1.29, 1.82) is 0 Å². The van der Waals surface area contributed by atoms with Crippen molar-refractivity contribution >= 4 is 46.3 Å². The van der Waals surface area contributed by atoms with Gasteiger partial charge in [-0.15, -0.1) is 0 Å². The Morgan fingerprint density at radius 1 is 0.737 bits per heavy atom. The minimum absolute atomic E-state index is 0.0225. The molecule has 4 aromatic carbocycles. The van der Waals surface area contributed by atoms with Gasteiger partial charge in [-0.25, -0.2) is 0 Å². The van der Waals surface area contributed by atoms with Gasteiger partial charge in [0.15, 0.2) is 5.78 Å². The molecule has 0 saturated heterocycles. The number of allylic oxidation sites excluding steroid dienone is 1. The molecule has 1 heterocycles. The highest BCUT2D eigenvalue weighted by Crippen LogP contribution is 2.48. The number of nitrogens with one attached hydrogen (secondary N) is 1. The number of carbonyl (C=O) groups is 2. The first-order valence-corrected chi connectivity index (χ1v) is 13.3. The lowest BCUT2D eigenvalue weighted by molar-refractivity contribution is -0.116. The largest absolute Gasteiger partial charge is 0.357 e. The van der Waals surface area contributed by atoms with Crippen LogP contribution in [-0.2, 0) is 4.79 Å². The molecule has 0 unspecified atom stereocenters. The Kier molecular flexibility index (Phi) is 6.52. The van der Waals surface area contributed by atoms with Crippen molar-refractivity contribution in [2.75, 3.05) is 10.2 Å². The summed E-state index contributed by atoms with van der Waals surface area (Å²) in [5, 5.41) is 4.70. The predicted octanol–water partition coefficient (Wildman–Crippen LogP) is 8.21. The fourth-order valence-corrected chi connectivity index (χ4v) is 5.72. The van der Waals surface area contributed by atoms with Crippen LogP contribution in [0.25, 0.3) is 0 Å². The van der Waals surface area contributed by atoms with E-state index in [1.165, 1.54) is 0 Å². The Hall–Kier alpha value is -3.86. The molecule has 0 aromatic heterocycles. The molecule has 2 aliphatic rings. The number of hydrogen-bond donors (Lipinski definition) is 1. The van der Waals surface area contributed by atoms with Crippen LogP contribution in [0, 0.1) is 0 Å². The topological polar surface area (TPSA) is 49.4 Å². The third-order valence-electron chi connectivity index (χ3n) is 7.26. The van der Waals surface area contributed by atoms with E-state index in [9.17, 15) is 9.59 Å². The highest BCUT2D eigenvalue weighted by atomic mass is 35.5. The zero-order chi connectivity index (χ0) is 26.2. The van der Waals surface area contributed by atoms with E-state index in [0.29, 0.717) is 39.7 Å². The third kappa shape index (κ3) is 4.51. The number of Topliss-reactive ketones (excluding diaryl/α,β-unsaturated/α-hetero) is 1. The second-order valence-electron chi connectivity index (χ2n) is 9.61. The van der Waals surface area contributed by atoms with Crippen LogP contribution >= 0.6 is 23.2 Å². The minimum Gasteiger partial charge on any atom is -0.357 e. The molecule has 4 aromatic rings. The summed E-state index contributed by atoms with van der Waals surface area (Å²) >= 11 is 12.4. The van der Waals surface area contributed by atoms with Gasteiger partial charge in [0.05, 0.1) is 17.4 Å². The average molecular weight is 539 g/mol. The number of hydrogen-bond acceptors (Lipinski definition) is 3. The lowest BCUT2D eigenvalue weighted by Gasteiger charge is -2.35.